The Morgan fingerprint density at radius 3 is 2.35 bits per heavy atom. The van der Waals surface area contributed by atoms with Crippen molar-refractivity contribution in [3.8, 4) is 0 Å². The second-order valence-corrected chi connectivity index (χ2v) is 8.34. The molecular weight excluding hydrogens is 445 g/mol. The predicted molar refractivity (Wildman–Crippen MR) is 120 cm³/mol. The standard InChI is InChI=1S/C18H39N5O2.HI/c1-7-19-16(20-12-17(2,3)14-22(5)6)21-13-18(4,24)15-23-8-10-25-11-9-23;/h24H,7-15H2,1-6H3,(H2,19,20,21);1H. The minimum Gasteiger partial charge on any atom is -0.387 e. The van der Waals surface area contributed by atoms with Crippen molar-refractivity contribution in [2.45, 2.75) is 33.3 Å². The second-order valence-electron chi connectivity index (χ2n) is 8.34. The van der Waals surface area contributed by atoms with E-state index in [0.29, 0.717) is 13.1 Å². The Morgan fingerprint density at radius 1 is 1.19 bits per heavy atom. The predicted octanol–water partition coefficient (Wildman–Crippen LogP) is 0.831. The van der Waals surface area contributed by atoms with E-state index < -0.39 is 5.60 Å². The number of nitrogens with zero attached hydrogens (tertiary/aromatic N) is 3. The van der Waals surface area contributed by atoms with Crippen LogP contribution in [-0.2, 0) is 4.74 Å². The van der Waals surface area contributed by atoms with Gasteiger partial charge in [-0.25, -0.2) is 0 Å². The molecule has 26 heavy (non-hydrogen) atoms. The van der Waals surface area contributed by atoms with E-state index in [9.17, 15) is 5.11 Å². The minimum atomic E-state index is -0.813. The van der Waals surface area contributed by atoms with Crippen LogP contribution in [0.2, 0.25) is 0 Å². The Hall–Kier alpha value is -0.160. The van der Waals surface area contributed by atoms with Crippen LogP contribution in [-0.4, -0.2) is 99.6 Å². The summed E-state index contributed by atoms with van der Waals surface area (Å²) in [6.45, 7) is 15.2. The largest absolute Gasteiger partial charge is 0.387 e. The maximum Gasteiger partial charge on any atom is 0.191 e. The van der Waals surface area contributed by atoms with Crippen LogP contribution in [0, 0.1) is 5.41 Å². The van der Waals surface area contributed by atoms with Crippen LogP contribution in [0.15, 0.2) is 4.99 Å². The van der Waals surface area contributed by atoms with Gasteiger partial charge in [-0.1, -0.05) is 13.8 Å². The Kier molecular flexibility index (Phi) is 12.3. The fourth-order valence-corrected chi connectivity index (χ4v) is 3.11. The number of halogens is 1. The average molecular weight is 485 g/mol. The highest BCUT2D eigenvalue weighted by molar-refractivity contribution is 14.0. The molecule has 1 saturated heterocycles. The number of aliphatic hydroxyl groups is 1. The van der Waals surface area contributed by atoms with Crippen molar-refractivity contribution in [1.82, 2.24) is 20.4 Å². The van der Waals surface area contributed by atoms with E-state index in [1.807, 2.05) is 13.8 Å². The van der Waals surface area contributed by atoms with E-state index in [1.165, 1.54) is 0 Å². The molecule has 1 rings (SSSR count). The lowest BCUT2D eigenvalue weighted by Crippen LogP contribution is -2.53. The number of nitrogens with one attached hydrogen (secondary N) is 2. The number of morpholine rings is 1. The van der Waals surface area contributed by atoms with Gasteiger partial charge in [0.2, 0.25) is 0 Å². The molecule has 1 aliphatic heterocycles. The second kappa shape index (κ2) is 12.3. The molecule has 0 aromatic carbocycles. The quantitative estimate of drug-likeness (QED) is 0.255. The Balaban J connectivity index is 0.00000625. The molecule has 1 atom stereocenters. The molecule has 1 fully saturated rings. The molecule has 0 bridgehead atoms. The van der Waals surface area contributed by atoms with Gasteiger partial charge in [0, 0.05) is 45.8 Å². The zero-order chi connectivity index (χ0) is 18.9. The van der Waals surface area contributed by atoms with E-state index in [1.54, 1.807) is 0 Å². The van der Waals surface area contributed by atoms with Crippen molar-refractivity contribution in [3.63, 3.8) is 0 Å². The van der Waals surface area contributed by atoms with Gasteiger partial charge < -0.3 is 25.4 Å². The SMILES string of the molecule is CCNC(=NCC(C)(C)CN(C)C)NCC(C)(O)CN1CCOCC1.I. The van der Waals surface area contributed by atoms with E-state index in [2.05, 4.69) is 48.4 Å². The van der Waals surface area contributed by atoms with Crippen molar-refractivity contribution >= 4 is 29.9 Å². The summed E-state index contributed by atoms with van der Waals surface area (Å²) in [6.07, 6.45) is 0. The number of guanidine groups is 1. The van der Waals surface area contributed by atoms with Gasteiger partial charge in [-0.3, -0.25) is 9.89 Å². The third-order valence-electron chi connectivity index (χ3n) is 4.06. The summed E-state index contributed by atoms with van der Waals surface area (Å²) >= 11 is 0. The van der Waals surface area contributed by atoms with E-state index in [-0.39, 0.29) is 29.4 Å². The summed E-state index contributed by atoms with van der Waals surface area (Å²) in [5.41, 5.74) is -0.713. The van der Waals surface area contributed by atoms with Crippen molar-refractivity contribution in [2.75, 3.05) is 73.1 Å². The number of rotatable bonds is 9. The van der Waals surface area contributed by atoms with Gasteiger partial charge in [0.15, 0.2) is 5.96 Å². The zero-order valence-corrected chi connectivity index (χ0v) is 19.8. The molecule has 1 heterocycles. The monoisotopic (exact) mass is 485 g/mol. The van der Waals surface area contributed by atoms with Crippen molar-refractivity contribution in [3.05, 3.63) is 0 Å². The third kappa shape index (κ3) is 11.5. The van der Waals surface area contributed by atoms with Crippen molar-refractivity contribution < 1.29 is 9.84 Å². The first-order valence-corrected chi connectivity index (χ1v) is 9.33. The van der Waals surface area contributed by atoms with Gasteiger partial charge in [0.25, 0.3) is 0 Å². The van der Waals surface area contributed by atoms with Gasteiger partial charge in [-0.05, 0) is 33.4 Å². The highest BCUT2D eigenvalue weighted by atomic mass is 127. The smallest absolute Gasteiger partial charge is 0.191 e. The van der Waals surface area contributed by atoms with E-state index in [4.69, 9.17) is 9.73 Å². The Morgan fingerprint density at radius 2 is 1.81 bits per heavy atom. The summed E-state index contributed by atoms with van der Waals surface area (Å²) in [5, 5.41) is 17.3. The molecule has 1 aliphatic rings. The summed E-state index contributed by atoms with van der Waals surface area (Å²) in [7, 11) is 4.16. The first-order chi connectivity index (χ1) is 11.6. The molecule has 0 amide bonds. The van der Waals surface area contributed by atoms with Crippen LogP contribution < -0.4 is 10.6 Å². The van der Waals surface area contributed by atoms with Gasteiger partial charge in [0.05, 0.1) is 18.8 Å². The van der Waals surface area contributed by atoms with Crippen LogP contribution >= 0.6 is 24.0 Å². The number of hydrogen-bond acceptors (Lipinski definition) is 5. The van der Waals surface area contributed by atoms with Crippen LogP contribution in [0.25, 0.3) is 0 Å². The lowest BCUT2D eigenvalue weighted by Gasteiger charge is -2.34. The highest BCUT2D eigenvalue weighted by Gasteiger charge is 2.26. The van der Waals surface area contributed by atoms with Crippen LogP contribution in [0.3, 0.4) is 0 Å². The van der Waals surface area contributed by atoms with Crippen LogP contribution in [0.5, 0.6) is 0 Å². The molecule has 0 radical (unpaired) electrons. The lowest BCUT2D eigenvalue weighted by molar-refractivity contribution is -0.0201. The molecular formula is C18H40IN5O2. The highest BCUT2D eigenvalue weighted by Crippen LogP contribution is 2.16. The summed E-state index contributed by atoms with van der Waals surface area (Å²) < 4.78 is 5.36. The van der Waals surface area contributed by atoms with Crippen LogP contribution in [0.1, 0.15) is 27.7 Å². The molecule has 156 valence electrons. The summed E-state index contributed by atoms with van der Waals surface area (Å²) in [6, 6.07) is 0. The number of hydrogen-bond donors (Lipinski definition) is 3. The maximum atomic E-state index is 10.7. The fraction of sp³-hybridized carbons (Fsp3) is 0.944. The average Bonchev–Trinajstić information content (AvgIpc) is 2.49. The van der Waals surface area contributed by atoms with Gasteiger partial charge in [-0.15, -0.1) is 24.0 Å². The fourth-order valence-electron chi connectivity index (χ4n) is 3.11. The number of aliphatic imine (C=N–C) groups is 1. The number of ether oxygens (including phenoxy) is 1. The zero-order valence-electron chi connectivity index (χ0n) is 17.5. The molecule has 3 N–H and O–H groups in total. The van der Waals surface area contributed by atoms with Crippen molar-refractivity contribution in [2.24, 2.45) is 10.4 Å². The molecule has 0 aromatic rings. The molecule has 8 heteroatoms. The van der Waals surface area contributed by atoms with Gasteiger partial charge >= 0.3 is 0 Å². The Bertz CT molecular complexity index is 410. The molecule has 0 saturated carbocycles. The number of β-amino-alcohol motifs (C(OH)–C–C–N with tert-alkyl or cyclic N) is 1. The summed E-state index contributed by atoms with van der Waals surface area (Å²) in [4.78, 5) is 9.14. The normalized spacial score (nSPS) is 19.0. The molecule has 0 aromatic heterocycles. The first-order valence-electron chi connectivity index (χ1n) is 9.33. The molecule has 1 unspecified atom stereocenters. The first kappa shape index (κ1) is 25.8. The van der Waals surface area contributed by atoms with Gasteiger partial charge in [0.1, 0.15) is 0 Å². The molecule has 7 nitrogen and oxygen atoms in total. The van der Waals surface area contributed by atoms with E-state index >= 15 is 0 Å². The van der Waals surface area contributed by atoms with Crippen molar-refractivity contribution in [1.29, 1.82) is 0 Å². The van der Waals surface area contributed by atoms with Gasteiger partial charge in [-0.2, -0.15) is 0 Å². The van der Waals surface area contributed by atoms with E-state index in [0.717, 1.165) is 51.9 Å². The summed E-state index contributed by atoms with van der Waals surface area (Å²) in [5.74, 6) is 0.761. The maximum absolute atomic E-state index is 10.7. The third-order valence-corrected chi connectivity index (χ3v) is 4.06. The molecule has 0 aliphatic carbocycles. The topological polar surface area (TPSA) is 72.4 Å². The lowest BCUT2D eigenvalue weighted by atomic mass is 9.93. The van der Waals surface area contributed by atoms with Crippen LogP contribution in [0.4, 0.5) is 0 Å². The minimum absolute atomic E-state index is 0. The Labute approximate surface area is 177 Å². The molecule has 0 spiro atoms.